The Morgan fingerprint density at radius 2 is 2.19 bits per heavy atom. The molecule has 2 heterocycles. The molecule has 90 valence electrons. The van der Waals surface area contributed by atoms with Crippen molar-refractivity contribution in [2.45, 2.75) is 32.8 Å². The van der Waals surface area contributed by atoms with E-state index in [0.717, 1.165) is 12.1 Å². The number of likely N-dealkylation sites (tertiary alicyclic amines) is 1. The average Bonchev–Trinajstić information content (AvgIpc) is 2.49. The second-order valence-electron chi connectivity index (χ2n) is 5.25. The third kappa shape index (κ3) is 2.46. The molecule has 1 fully saturated rings. The largest absolute Gasteiger partial charge is 0.444 e. The summed E-state index contributed by atoms with van der Waals surface area (Å²) in [7, 11) is 0. The van der Waals surface area contributed by atoms with Crippen molar-refractivity contribution in [3.8, 4) is 0 Å². The van der Waals surface area contributed by atoms with Gasteiger partial charge < -0.3 is 14.5 Å². The van der Waals surface area contributed by atoms with Crippen LogP contribution in [0.1, 0.15) is 27.2 Å². The fraction of sp³-hybridized carbons (Fsp3) is 0.818. The molecule has 0 bridgehead atoms. The Morgan fingerprint density at radius 1 is 1.50 bits per heavy atom. The number of hydrogen-bond donors (Lipinski definition) is 0. The van der Waals surface area contributed by atoms with E-state index in [2.05, 4.69) is 5.16 Å². The zero-order chi connectivity index (χ0) is 11.8. The lowest BCUT2D eigenvalue weighted by atomic mass is 9.93. The molecule has 0 spiro atoms. The van der Waals surface area contributed by atoms with Crippen molar-refractivity contribution in [3.05, 3.63) is 0 Å². The van der Waals surface area contributed by atoms with Gasteiger partial charge in [0.2, 0.25) is 0 Å². The molecule has 0 atom stereocenters. The fourth-order valence-corrected chi connectivity index (χ4v) is 1.77. The minimum atomic E-state index is -0.420. The topological polar surface area (TPSA) is 51.1 Å². The first-order chi connectivity index (χ1) is 7.46. The van der Waals surface area contributed by atoms with Gasteiger partial charge in [0.15, 0.2) is 0 Å². The summed E-state index contributed by atoms with van der Waals surface area (Å²) in [6, 6.07) is 0. The lowest BCUT2D eigenvalue weighted by Gasteiger charge is -2.39. The number of carbonyl (C=O) groups excluding carboxylic acids is 1. The van der Waals surface area contributed by atoms with Crippen LogP contribution in [0.3, 0.4) is 0 Å². The number of hydrogen-bond acceptors (Lipinski definition) is 4. The normalized spacial score (nSPS) is 21.2. The summed E-state index contributed by atoms with van der Waals surface area (Å²) in [5.74, 6) is 0.370. The Morgan fingerprint density at radius 3 is 2.69 bits per heavy atom. The van der Waals surface area contributed by atoms with Crippen LogP contribution in [-0.4, -0.2) is 42.0 Å². The van der Waals surface area contributed by atoms with E-state index in [1.54, 1.807) is 4.90 Å². The summed E-state index contributed by atoms with van der Waals surface area (Å²) in [6.45, 7) is 7.71. The molecule has 1 saturated heterocycles. The molecule has 2 aliphatic heterocycles. The highest BCUT2D eigenvalue weighted by molar-refractivity contribution is 5.89. The lowest BCUT2D eigenvalue weighted by Crippen LogP contribution is -2.54. The van der Waals surface area contributed by atoms with Crippen LogP contribution in [0.2, 0.25) is 0 Å². The molecule has 0 radical (unpaired) electrons. The van der Waals surface area contributed by atoms with Gasteiger partial charge in [-0.05, 0) is 20.8 Å². The van der Waals surface area contributed by atoms with Gasteiger partial charge in [-0.2, -0.15) is 0 Å². The van der Waals surface area contributed by atoms with E-state index in [1.807, 2.05) is 20.8 Å². The van der Waals surface area contributed by atoms with Gasteiger partial charge in [-0.1, -0.05) is 5.16 Å². The first-order valence-electron chi connectivity index (χ1n) is 5.62. The summed E-state index contributed by atoms with van der Waals surface area (Å²) in [4.78, 5) is 18.3. The predicted molar refractivity (Wildman–Crippen MR) is 59.3 cm³/mol. The number of ether oxygens (including phenoxy) is 1. The van der Waals surface area contributed by atoms with E-state index in [-0.39, 0.29) is 6.09 Å². The van der Waals surface area contributed by atoms with E-state index < -0.39 is 5.60 Å². The van der Waals surface area contributed by atoms with Gasteiger partial charge in [0, 0.05) is 25.4 Å². The molecular weight excluding hydrogens is 208 g/mol. The van der Waals surface area contributed by atoms with Gasteiger partial charge in [-0.15, -0.1) is 0 Å². The zero-order valence-electron chi connectivity index (χ0n) is 10.0. The van der Waals surface area contributed by atoms with Gasteiger partial charge in [-0.3, -0.25) is 0 Å². The van der Waals surface area contributed by atoms with Crippen molar-refractivity contribution in [2.24, 2.45) is 11.1 Å². The summed E-state index contributed by atoms with van der Waals surface area (Å²) in [5.41, 5.74) is 0.663. The van der Waals surface area contributed by atoms with E-state index in [4.69, 9.17) is 9.57 Å². The third-order valence-electron chi connectivity index (χ3n) is 2.64. The summed E-state index contributed by atoms with van der Waals surface area (Å²) in [5, 5.41) is 3.96. The van der Waals surface area contributed by atoms with Crippen molar-refractivity contribution >= 4 is 11.8 Å². The summed E-state index contributed by atoms with van der Waals surface area (Å²) >= 11 is 0. The first-order valence-corrected chi connectivity index (χ1v) is 5.62. The van der Waals surface area contributed by atoms with Gasteiger partial charge in [-0.25, -0.2) is 4.79 Å². The number of carbonyl (C=O) groups is 1. The van der Waals surface area contributed by atoms with Crippen LogP contribution < -0.4 is 0 Å². The molecule has 0 aromatic carbocycles. The van der Waals surface area contributed by atoms with Gasteiger partial charge >= 0.3 is 6.09 Å². The van der Waals surface area contributed by atoms with Crippen molar-refractivity contribution in [3.63, 3.8) is 0 Å². The number of nitrogens with zero attached hydrogens (tertiary/aromatic N) is 2. The van der Waals surface area contributed by atoms with E-state index in [0.29, 0.717) is 25.6 Å². The zero-order valence-corrected chi connectivity index (χ0v) is 10.0. The highest BCUT2D eigenvalue weighted by Crippen LogP contribution is 2.23. The molecule has 2 rings (SSSR count). The quantitative estimate of drug-likeness (QED) is 0.682. The number of oxime groups is 1. The highest BCUT2D eigenvalue weighted by atomic mass is 16.6. The standard InChI is InChI=1S/C11H18N2O3/c1-11(2,3)16-10(14)13-6-8(7-13)9-4-5-15-12-9/h8H,4-7H2,1-3H3. The molecule has 1 amide bonds. The Labute approximate surface area is 95.4 Å². The van der Waals surface area contributed by atoms with Crippen LogP contribution >= 0.6 is 0 Å². The van der Waals surface area contributed by atoms with Gasteiger partial charge in [0.1, 0.15) is 12.2 Å². The average molecular weight is 226 g/mol. The van der Waals surface area contributed by atoms with Crippen LogP contribution in [0.5, 0.6) is 0 Å². The monoisotopic (exact) mass is 226 g/mol. The fourth-order valence-electron chi connectivity index (χ4n) is 1.77. The molecule has 2 aliphatic rings. The molecule has 0 saturated carbocycles. The Bertz CT molecular complexity index is 314. The summed E-state index contributed by atoms with van der Waals surface area (Å²) in [6.07, 6.45) is 0.663. The van der Waals surface area contributed by atoms with Crippen LogP contribution in [0.15, 0.2) is 5.16 Å². The lowest BCUT2D eigenvalue weighted by molar-refractivity contribution is 0.00675. The van der Waals surface area contributed by atoms with Crippen molar-refractivity contribution in [1.29, 1.82) is 0 Å². The van der Waals surface area contributed by atoms with Crippen LogP contribution in [-0.2, 0) is 9.57 Å². The molecule has 5 heteroatoms. The Kier molecular flexibility index (Phi) is 2.78. The molecule has 0 N–H and O–H groups in total. The van der Waals surface area contributed by atoms with E-state index >= 15 is 0 Å². The number of amides is 1. The van der Waals surface area contributed by atoms with Crippen molar-refractivity contribution in [1.82, 2.24) is 4.90 Å². The maximum absolute atomic E-state index is 11.6. The maximum atomic E-state index is 11.6. The molecule has 0 aromatic rings. The molecule has 16 heavy (non-hydrogen) atoms. The number of rotatable bonds is 1. The SMILES string of the molecule is CC(C)(C)OC(=O)N1CC(C2=NOCC2)C1. The molecular formula is C11H18N2O3. The first kappa shape index (κ1) is 11.2. The summed E-state index contributed by atoms with van der Waals surface area (Å²) < 4.78 is 5.27. The molecule has 0 unspecified atom stereocenters. The smallest absolute Gasteiger partial charge is 0.410 e. The Hall–Kier alpha value is -1.26. The second-order valence-corrected chi connectivity index (χ2v) is 5.25. The highest BCUT2D eigenvalue weighted by Gasteiger charge is 2.37. The molecule has 5 nitrogen and oxygen atoms in total. The van der Waals surface area contributed by atoms with Crippen molar-refractivity contribution in [2.75, 3.05) is 19.7 Å². The third-order valence-corrected chi connectivity index (χ3v) is 2.64. The van der Waals surface area contributed by atoms with Crippen LogP contribution in [0.4, 0.5) is 4.79 Å². The van der Waals surface area contributed by atoms with Crippen LogP contribution in [0, 0.1) is 5.92 Å². The molecule has 0 aromatic heterocycles. The Balaban J connectivity index is 1.77. The molecule has 0 aliphatic carbocycles. The van der Waals surface area contributed by atoms with Gasteiger partial charge in [0.05, 0.1) is 5.71 Å². The second kappa shape index (κ2) is 3.96. The van der Waals surface area contributed by atoms with Crippen molar-refractivity contribution < 1.29 is 14.4 Å². The maximum Gasteiger partial charge on any atom is 0.410 e. The predicted octanol–water partition coefficient (Wildman–Crippen LogP) is 1.63. The van der Waals surface area contributed by atoms with Crippen LogP contribution in [0.25, 0.3) is 0 Å². The minimum Gasteiger partial charge on any atom is -0.444 e. The minimum absolute atomic E-state index is 0.233. The van der Waals surface area contributed by atoms with E-state index in [1.165, 1.54) is 0 Å². The van der Waals surface area contributed by atoms with E-state index in [9.17, 15) is 4.79 Å². The van der Waals surface area contributed by atoms with Gasteiger partial charge in [0.25, 0.3) is 0 Å².